The molecule has 27 heavy (non-hydrogen) atoms. The minimum atomic E-state index is 0. The van der Waals surface area contributed by atoms with Crippen molar-refractivity contribution in [1.29, 1.82) is 0 Å². The molecule has 0 aliphatic rings. The van der Waals surface area contributed by atoms with E-state index in [4.69, 9.17) is 0 Å². The summed E-state index contributed by atoms with van der Waals surface area (Å²) in [5.74, 6) is 0.857. The Morgan fingerprint density at radius 1 is 1.22 bits per heavy atom. The fraction of sp³-hybridized carbons (Fsp3) is 0.500. The molecule has 1 atom stereocenters. The third-order valence-corrected chi connectivity index (χ3v) is 4.74. The summed E-state index contributed by atoms with van der Waals surface area (Å²) >= 11 is 0. The average Bonchev–Trinajstić information content (AvgIpc) is 3.21. The van der Waals surface area contributed by atoms with Gasteiger partial charge in [0, 0.05) is 45.1 Å². The molecule has 0 aliphatic carbocycles. The fourth-order valence-corrected chi connectivity index (χ4v) is 2.67. The van der Waals surface area contributed by atoms with Crippen molar-refractivity contribution in [1.82, 2.24) is 25.3 Å². The molecule has 2 aromatic rings. The van der Waals surface area contributed by atoms with Gasteiger partial charge in [0.15, 0.2) is 5.96 Å². The molecular formula is C20H33IN6. The van der Waals surface area contributed by atoms with Crippen LogP contribution in [0.3, 0.4) is 0 Å². The van der Waals surface area contributed by atoms with Gasteiger partial charge in [-0.15, -0.1) is 24.0 Å². The van der Waals surface area contributed by atoms with Gasteiger partial charge in [-0.3, -0.25) is 4.99 Å². The Balaban J connectivity index is 0.00000364. The van der Waals surface area contributed by atoms with Gasteiger partial charge in [0.2, 0.25) is 0 Å². The number of nitrogens with one attached hydrogen (secondary N) is 2. The maximum atomic E-state index is 4.29. The van der Waals surface area contributed by atoms with Crippen LogP contribution in [0.4, 0.5) is 0 Å². The summed E-state index contributed by atoms with van der Waals surface area (Å²) < 4.78 is 1.87. The first kappa shape index (κ1) is 23.4. The first-order chi connectivity index (χ1) is 12.6. The maximum Gasteiger partial charge on any atom is 0.191 e. The minimum absolute atomic E-state index is 0. The van der Waals surface area contributed by atoms with E-state index in [2.05, 4.69) is 70.8 Å². The molecule has 0 radical (unpaired) electrons. The monoisotopic (exact) mass is 484 g/mol. The number of aromatic nitrogens is 2. The van der Waals surface area contributed by atoms with Gasteiger partial charge in [0.05, 0.1) is 5.69 Å². The van der Waals surface area contributed by atoms with Crippen LogP contribution >= 0.6 is 24.0 Å². The summed E-state index contributed by atoms with van der Waals surface area (Å²) in [7, 11) is 3.98. The van der Waals surface area contributed by atoms with Crippen LogP contribution in [0.25, 0.3) is 5.69 Å². The van der Waals surface area contributed by atoms with Crippen LogP contribution < -0.4 is 10.6 Å². The highest BCUT2D eigenvalue weighted by Gasteiger charge is 2.06. The van der Waals surface area contributed by atoms with Gasteiger partial charge >= 0.3 is 0 Å². The number of nitrogens with zero attached hydrogens (tertiary/aromatic N) is 4. The third kappa shape index (κ3) is 7.88. The van der Waals surface area contributed by atoms with E-state index in [1.807, 2.05) is 24.0 Å². The summed E-state index contributed by atoms with van der Waals surface area (Å²) in [6.45, 7) is 7.22. The van der Waals surface area contributed by atoms with Crippen LogP contribution in [0.2, 0.25) is 0 Å². The van der Waals surface area contributed by atoms with Gasteiger partial charge < -0.3 is 15.5 Å². The molecule has 1 heterocycles. The summed E-state index contributed by atoms with van der Waals surface area (Å²) in [5, 5.41) is 11.0. The Morgan fingerprint density at radius 2 is 1.93 bits per heavy atom. The molecule has 0 saturated heterocycles. The van der Waals surface area contributed by atoms with E-state index in [1.165, 1.54) is 12.0 Å². The lowest BCUT2D eigenvalue weighted by molar-refractivity contribution is 0.255. The number of hydrogen-bond donors (Lipinski definition) is 2. The second-order valence-corrected chi connectivity index (χ2v) is 6.53. The van der Waals surface area contributed by atoms with Gasteiger partial charge in [-0.1, -0.05) is 19.1 Å². The van der Waals surface area contributed by atoms with Gasteiger partial charge in [-0.05, 0) is 50.6 Å². The van der Waals surface area contributed by atoms with Crippen molar-refractivity contribution in [3.8, 4) is 5.69 Å². The first-order valence-electron chi connectivity index (χ1n) is 9.37. The van der Waals surface area contributed by atoms with Gasteiger partial charge in [-0.2, -0.15) is 5.10 Å². The summed E-state index contributed by atoms with van der Waals surface area (Å²) in [6, 6.07) is 11.0. The van der Waals surface area contributed by atoms with E-state index < -0.39 is 0 Å². The van der Waals surface area contributed by atoms with Crippen LogP contribution in [0.5, 0.6) is 0 Å². The number of likely N-dealkylation sites (N-methyl/N-ethyl adjacent to an activating group) is 1. The molecule has 0 spiro atoms. The highest BCUT2D eigenvalue weighted by atomic mass is 127. The van der Waals surface area contributed by atoms with Crippen LogP contribution in [0, 0.1) is 0 Å². The van der Waals surface area contributed by atoms with Crippen molar-refractivity contribution < 1.29 is 0 Å². The van der Waals surface area contributed by atoms with E-state index in [9.17, 15) is 0 Å². The second-order valence-electron chi connectivity index (χ2n) is 6.53. The number of halogens is 1. The second kappa shape index (κ2) is 12.7. The number of hydrogen-bond acceptors (Lipinski definition) is 3. The van der Waals surface area contributed by atoms with Crippen molar-refractivity contribution in [3.05, 3.63) is 48.3 Å². The molecular weight excluding hydrogens is 451 g/mol. The first-order valence-corrected chi connectivity index (χ1v) is 9.37. The lowest BCUT2D eigenvalue weighted by Crippen LogP contribution is -2.42. The number of benzene rings is 1. The molecule has 0 aliphatic heterocycles. The topological polar surface area (TPSA) is 57.5 Å². The fourth-order valence-electron chi connectivity index (χ4n) is 2.67. The highest BCUT2D eigenvalue weighted by Crippen LogP contribution is 2.08. The van der Waals surface area contributed by atoms with E-state index in [-0.39, 0.29) is 24.0 Å². The summed E-state index contributed by atoms with van der Waals surface area (Å²) in [4.78, 5) is 6.66. The van der Waals surface area contributed by atoms with Gasteiger partial charge in [0.25, 0.3) is 0 Å². The normalized spacial score (nSPS) is 12.6. The summed E-state index contributed by atoms with van der Waals surface area (Å²) in [5.41, 5.74) is 2.37. The Hall–Kier alpha value is -1.61. The van der Waals surface area contributed by atoms with Crippen molar-refractivity contribution >= 4 is 29.9 Å². The molecule has 2 N–H and O–H groups in total. The van der Waals surface area contributed by atoms with Crippen molar-refractivity contribution in [2.45, 2.75) is 32.7 Å². The van der Waals surface area contributed by atoms with E-state index in [0.717, 1.165) is 37.7 Å². The lowest BCUT2D eigenvalue weighted by Gasteiger charge is -2.24. The lowest BCUT2D eigenvalue weighted by atomic mass is 10.1. The SMILES string of the molecule is CCC(C)N(C)CCNC(=NC)NCCc1ccc(-n2cccn2)cc1.I. The molecule has 0 amide bonds. The smallest absolute Gasteiger partial charge is 0.191 e. The Morgan fingerprint density at radius 3 is 2.52 bits per heavy atom. The van der Waals surface area contributed by atoms with Gasteiger partial charge in [-0.25, -0.2) is 4.68 Å². The quantitative estimate of drug-likeness (QED) is 0.327. The molecule has 2 rings (SSSR count). The molecule has 0 fully saturated rings. The van der Waals surface area contributed by atoms with E-state index >= 15 is 0 Å². The number of guanidine groups is 1. The molecule has 0 bridgehead atoms. The maximum absolute atomic E-state index is 4.29. The largest absolute Gasteiger partial charge is 0.356 e. The summed E-state index contributed by atoms with van der Waals surface area (Å²) in [6.07, 6.45) is 5.86. The molecule has 1 aromatic heterocycles. The molecule has 1 aromatic carbocycles. The molecule has 7 heteroatoms. The molecule has 150 valence electrons. The Labute approximate surface area is 180 Å². The van der Waals surface area contributed by atoms with Crippen LogP contribution in [-0.2, 0) is 6.42 Å². The minimum Gasteiger partial charge on any atom is -0.356 e. The van der Waals surface area contributed by atoms with Crippen molar-refractivity contribution in [2.75, 3.05) is 33.7 Å². The Kier molecular flexibility index (Phi) is 11.0. The van der Waals surface area contributed by atoms with E-state index in [0.29, 0.717) is 6.04 Å². The van der Waals surface area contributed by atoms with Crippen LogP contribution in [0.15, 0.2) is 47.7 Å². The molecule has 1 unspecified atom stereocenters. The predicted octanol–water partition coefficient (Wildman–Crippen LogP) is 2.93. The van der Waals surface area contributed by atoms with Crippen molar-refractivity contribution in [2.24, 2.45) is 4.99 Å². The Bertz CT molecular complexity index is 654. The third-order valence-electron chi connectivity index (χ3n) is 4.74. The zero-order valence-corrected chi connectivity index (χ0v) is 19.2. The van der Waals surface area contributed by atoms with Gasteiger partial charge in [0.1, 0.15) is 0 Å². The standard InChI is InChI=1S/C20H32N6.HI/c1-5-17(2)25(4)16-14-23-20(21-3)22-13-11-18-7-9-19(10-8-18)26-15-6-12-24-26;/h6-10,12,15,17H,5,11,13-14,16H2,1-4H3,(H2,21,22,23);1H. The van der Waals surface area contributed by atoms with E-state index in [1.54, 1.807) is 6.20 Å². The number of aliphatic imine (C=N–C) groups is 1. The molecule has 6 nitrogen and oxygen atoms in total. The highest BCUT2D eigenvalue weighted by molar-refractivity contribution is 14.0. The van der Waals surface area contributed by atoms with Crippen LogP contribution in [0.1, 0.15) is 25.8 Å². The predicted molar refractivity (Wildman–Crippen MR) is 124 cm³/mol. The zero-order valence-electron chi connectivity index (χ0n) is 16.9. The zero-order chi connectivity index (χ0) is 18.8. The van der Waals surface area contributed by atoms with Crippen LogP contribution in [-0.4, -0.2) is 60.4 Å². The molecule has 0 saturated carbocycles. The average molecular weight is 484 g/mol. The number of rotatable bonds is 9. The van der Waals surface area contributed by atoms with Crippen molar-refractivity contribution in [3.63, 3.8) is 0 Å².